The lowest BCUT2D eigenvalue weighted by Gasteiger charge is -2.12. The van der Waals surface area contributed by atoms with Gasteiger partial charge in [0, 0.05) is 5.56 Å². The SMILES string of the molecule is Cc1ccc(C)c(OC(=O)CCc2c(C)noc2C)c1C. The molecule has 1 aromatic carbocycles. The highest BCUT2D eigenvalue weighted by molar-refractivity contribution is 5.73. The summed E-state index contributed by atoms with van der Waals surface area (Å²) in [6.45, 7) is 9.67. The van der Waals surface area contributed by atoms with Crippen LogP contribution in [0, 0.1) is 34.6 Å². The molecule has 0 radical (unpaired) electrons. The molecule has 0 atom stereocenters. The molecule has 4 nitrogen and oxygen atoms in total. The maximum absolute atomic E-state index is 12.1. The van der Waals surface area contributed by atoms with Gasteiger partial charge in [-0.15, -0.1) is 0 Å². The van der Waals surface area contributed by atoms with E-state index in [0.717, 1.165) is 33.7 Å². The second-order valence-electron chi connectivity index (χ2n) is 5.43. The number of ether oxygens (including phenoxy) is 1. The monoisotopic (exact) mass is 287 g/mol. The van der Waals surface area contributed by atoms with E-state index < -0.39 is 0 Å². The van der Waals surface area contributed by atoms with Crippen molar-refractivity contribution in [3.8, 4) is 5.75 Å². The van der Waals surface area contributed by atoms with Gasteiger partial charge >= 0.3 is 5.97 Å². The lowest BCUT2D eigenvalue weighted by Crippen LogP contribution is -2.11. The van der Waals surface area contributed by atoms with Crippen LogP contribution in [-0.4, -0.2) is 11.1 Å². The van der Waals surface area contributed by atoms with Crippen molar-refractivity contribution in [2.24, 2.45) is 0 Å². The van der Waals surface area contributed by atoms with E-state index in [1.165, 1.54) is 0 Å². The number of aromatic nitrogens is 1. The van der Waals surface area contributed by atoms with Crippen LogP contribution in [0.1, 0.15) is 40.1 Å². The van der Waals surface area contributed by atoms with Gasteiger partial charge in [-0.05, 0) is 57.7 Å². The zero-order valence-corrected chi connectivity index (χ0v) is 13.2. The molecule has 0 N–H and O–H groups in total. The Morgan fingerprint density at radius 2 is 1.81 bits per heavy atom. The summed E-state index contributed by atoms with van der Waals surface area (Å²) < 4.78 is 10.6. The fourth-order valence-electron chi connectivity index (χ4n) is 2.33. The lowest BCUT2D eigenvalue weighted by atomic mass is 10.1. The Kier molecular flexibility index (Phi) is 4.46. The predicted molar refractivity (Wildman–Crippen MR) is 80.6 cm³/mol. The molecule has 1 aromatic heterocycles. The molecule has 0 saturated heterocycles. The maximum Gasteiger partial charge on any atom is 0.311 e. The van der Waals surface area contributed by atoms with Crippen molar-refractivity contribution in [1.29, 1.82) is 0 Å². The Morgan fingerprint density at radius 3 is 2.43 bits per heavy atom. The van der Waals surface area contributed by atoms with Crippen LogP contribution in [0.2, 0.25) is 0 Å². The van der Waals surface area contributed by atoms with Crippen molar-refractivity contribution in [3.63, 3.8) is 0 Å². The molecule has 0 spiro atoms. The standard InChI is InChI=1S/C17H21NO3/c1-10-6-7-11(2)17(12(10)3)20-16(19)9-8-15-13(4)18-21-14(15)5/h6-7H,8-9H2,1-5H3. The Bertz CT molecular complexity index is 651. The highest BCUT2D eigenvalue weighted by atomic mass is 16.5. The van der Waals surface area contributed by atoms with Crippen molar-refractivity contribution in [1.82, 2.24) is 5.16 Å². The molecule has 0 bridgehead atoms. The van der Waals surface area contributed by atoms with E-state index >= 15 is 0 Å². The quantitative estimate of drug-likeness (QED) is 0.634. The Morgan fingerprint density at radius 1 is 1.14 bits per heavy atom. The minimum Gasteiger partial charge on any atom is -0.426 e. The Labute approximate surface area is 125 Å². The summed E-state index contributed by atoms with van der Waals surface area (Å²) in [7, 11) is 0. The number of carbonyl (C=O) groups is 1. The Hall–Kier alpha value is -2.10. The topological polar surface area (TPSA) is 52.3 Å². The van der Waals surface area contributed by atoms with Gasteiger partial charge in [-0.3, -0.25) is 4.79 Å². The molecule has 0 saturated carbocycles. The maximum atomic E-state index is 12.1. The van der Waals surface area contributed by atoms with Crippen LogP contribution in [-0.2, 0) is 11.2 Å². The molecule has 21 heavy (non-hydrogen) atoms. The molecule has 0 unspecified atom stereocenters. The van der Waals surface area contributed by atoms with E-state index in [0.29, 0.717) is 18.6 Å². The number of rotatable bonds is 4. The summed E-state index contributed by atoms with van der Waals surface area (Å²) >= 11 is 0. The first kappa shape index (κ1) is 15.3. The summed E-state index contributed by atoms with van der Waals surface area (Å²) in [5.41, 5.74) is 4.94. The van der Waals surface area contributed by atoms with E-state index in [9.17, 15) is 4.79 Å². The van der Waals surface area contributed by atoms with Gasteiger partial charge in [-0.1, -0.05) is 17.3 Å². The predicted octanol–water partition coefficient (Wildman–Crippen LogP) is 3.75. The van der Waals surface area contributed by atoms with Gasteiger partial charge in [0.25, 0.3) is 0 Å². The molecule has 4 heteroatoms. The molecule has 2 rings (SSSR count). The molecule has 0 amide bonds. The van der Waals surface area contributed by atoms with Gasteiger partial charge in [-0.25, -0.2) is 0 Å². The highest BCUT2D eigenvalue weighted by Crippen LogP contribution is 2.26. The van der Waals surface area contributed by atoms with Gasteiger partial charge < -0.3 is 9.26 Å². The molecule has 112 valence electrons. The zero-order chi connectivity index (χ0) is 15.6. The molecular formula is C17H21NO3. The summed E-state index contributed by atoms with van der Waals surface area (Å²) in [5, 5.41) is 3.89. The largest absolute Gasteiger partial charge is 0.426 e. The van der Waals surface area contributed by atoms with Crippen LogP contribution >= 0.6 is 0 Å². The van der Waals surface area contributed by atoms with Gasteiger partial charge in [0.15, 0.2) is 0 Å². The first-order valence-corrected chi connectivity index (χ1v) is 7.09. The number of hydrogen-bond donors (Lipinski definition) is 0. The highest BCUT2D eigenvalue weighted by Gasteiger charge is 2.14. The number of nitrogens with zero attached hydrogens (tertiary/aromatic N) is 1. The van der Waals surface area contributed by atoms with Crippen molar-refractivity contribution >= 4 is 5.97 Å². The van der Waals surface area contributed by atoms with E-state index in [-0.39, 0.29) is 5.97 Å². The summed E-state index contributed by atoms with van der Waals surface area (Å²) in [5.74, 6) is 1.22. The average Bonchev–Trinajstić information content (AvgIpc) is 2.76. The summed E-state index contributed by atoms with van der Waals surface area (Å²) in [6.07, 6.45) is 0.902. The minimum absolute atomic E-state index is 0.230. The number of aryl methyl sites for hydroxylation is 4. The molecule has 1 heterocycles. The third-order valence-electron chi connectivity index (χ3n) is 3.85. The minimum atomic E-state index is -0.230. The second-order valence-corrected chi connectivity index (χ2v) is 5.43. The van der Waals surface area contributed by atoms with Gasteiger partial charge in [-0.2, -0.15) is 0 Å². The molecule has 0 aliphatic heterocycles. The number of carbonyl (C=O) groups excluding carboxylic acids is 1. The number of benzene rings is 1. The van der Waals surface area contributed by atoms with E-state index in [1.807, 2.05) is 46.8 Å². The fourth-order valence-corrected chi connectivity index (χ4v) is 2.33. The van der Waals surface area contributed by atoms with Crippen molar-refractivity contribution in [2.75, 3.05) is 0 Å². The van der Waals surface area contributed by atoms with Gasteiger partial charge in [0.1, 0.15) is 11.5 Å². The smallest absolute Gasteiger partial charge is 0.311 e. The summed E-state index contributed by atoms with van der Waals surface area (Å²) in [6, 6.07) is 4.01. The third-order valence-corrected chi connectivity index (χ3v) is 3.85. The van der Waals surface area contributed by atoms with Crippen LogP contribution in [0.5, 0.6) is 5.75 Å². The normalized spacial score (nSPS) is 10.7. The van der Waals surface area contributed by atoms with Crippen LogP contribution in [0.15, 0.2) is 16.7 Å². The molecule has 0 fully saturated rings. The fraction of sp³-hybridized carbons (Fsp3) is 0.412. The first-order valence-electron chi connectivity index (χ1n) is 7.09. The second kappa shape index (κ2) is 6.12. The Balaban J connectivity index is 2.05. The van der Waals surface area contributed by atoms with Crippen LogP contribution in [0.25, 0.3) is 0 Å². The first-order chi connectivity index (χ1) is 9.90. The average molecular weight is 287 g/mol. The zero-order valence-electron chi connectivity index (χ0n) is 13.2. The molecule has 0 aliphatic rings. The van der Waals surface area contributed by atoms with Gasteiger partial charge in [0.2, 0.25) is 0 Å². The van der Waals surface area contributed by atoms with Crippen LogP contribution < -0.4 is 4.74 Å². The van der Waals surface area contributed by atoms with Crippen LogP contribution in [0.4, 0.5) is 0 Å². The molecular weight excluding hydrogens is 266 g/mol. The summed E-state index contributed by atoms with van der Waals surface area (Å²) in [4.78, 5) is 12.1. The van der Waals surface area contributed by atoms with Crippen molar-refractivity contribution in [2.45, 2.75) is 47.5 Å². The number of esters is 1. The lowest BCUT2D eigenvalue weighted by molar-refractivity contribution is -0.134. The number of hydrogen-bond acceptors (Lipinski definition) is 4. The van der Waals surface area contributed by atoms with Crippen molar-refractivity contribution in [3.05, 3.63) is 45.8 Å². The molecule has 2 aromatic rings. The van der Waals surface area contributed by atoms with Gasteiger partial charge in [0.05, 0.1) is 12.1 Å². The molecule has 0 aliphatic carbocycles. The van der Waals surface area contributed by atoms with Crippen LogP contribution in [0.3, 0.4) is 0 Å². The third kappa shape index (κ3) is 3.32. The van der Waals surface area contributed by atoms with Crippen molar-refractivity contribution < 1.29 is 14.1 Å². The van der Waals surface area contributed by atoms with E-state index in [2.05, 4.69) is 5.16 Å². The van der Waals surface area contributed by atoms with E-state index in [4.69, 9.17) is 9.26 Å². The van der Waals surface area contributed by atoms with E-state index in [1.54, 1.807) is 0 Å².